The molecule has 258 valence electrons. The molecule has 10 rings (SSSR count). The molecule has 7 heteroatoms. The predicted octanol–water partition coefficient (Wildman–Crippen LogP) is 11.6. The standard InChI is InChI=1S/C48H30N6O/c1-6-17-31(18-7-1)37-27-16-28-38-39-29-36(47-51-43(32-19-8-2-9-20-32)49-44(52-47)33-21-10-3-11-22-33)30-40(42(39)55-41(37)38)48-53-45(34-23-12-4-13-24-34)50-46(54-48)35-25-14-5-15-26-35/h1-30H. The van der Waals surface area contributed by atoms with Gasteiger partial charge in [-0.1, -0.05) is 170 Å². The normalized spacial score (nSPS) is 11.3. The van der Waals surface area contributed by atoms with Gasteiger partial charge in [-0.05, 0) is 17.7 Å². The van der Waals surface area contributed by atoms with Crippen LogP contribution in [-0.4, -0.2) is 29.9 Å². The Bertz CT molecular complexity index is 2840. The van der Waals surface area contributed by atoms with Crippen molar-refractivity contribution < 1.29 is 4.42 Å². The molecule has 3 aromatic heterocycles. The van der Waals surface area contributed by atoms with Crippen LogP contribution in [0.25, 0.3) is 101 Å². The lowest BCUT2D eigenvalue weighted by Gasteiger charge is -2.11. The summed E-state index contributed by atoms with van der Waals surface area (Å²) in [6, 6.07) is 60.6. The van der Waals surface area contributed by atoms with E-state index >= 15 is 0 Å². The fourth-order valence-corrected chi connectivity index (χ4v) is 6.91. The number of hydrogen-bond donors (Lipinski definition) is 0. The number of para-hydroxylation sites is 1. The Labute approximate surface area is 316 Å². The SMILES string of the molecule is c1ccc(-c2nc(-c3ccccc3)nc(-c3cc(-c4nc(-c5ccccc5)nc(-c5ccccc5)n4)c4oc5c(-c6ccccc6)cccc5c4c3)n2)cc1. The average molecular weight is 707 g/mol. The van der Waals surface area contributed by atoms with Crippen LogP contribution in [0.15, 0.2) is 186 Å². The molecule has 10 aromatic rings. The van der Waals surface area contributed by atoms with Crippen molar-refractivity contribution in [3.63, 3.8) is 0 Å². The zero-order valence-electron chi connectivity index (χ0n) is 29.4. The van der Waals surface area contributed by atoms with Gasteiger partial charge in [-0.3, -0.25) is 0 Å². The molecule has 0 aliphatic carbocycles. The van der Waals surface area contributed by atoms with Crippen LogP contribution < -0.4 is 0 Å². The zero-order valence-corrected chi connectivity index (χ0v) is 29.4. The first kappa shape index (κ1) is 32.0. The van der Waals surface area contributed by atoms with E-state index < -0.39 is 0 Å². The summed E-state index contributed by atoms with van der Waals surface area (Å²) in [5.41, 5.74) is 8.49. The lowest BCUT2D eigenvalue weighted by Crippen LogP contribution is -2.02. The van der Waals surface area contributed by atoms with Crippen molar-refractivity contribution in [1.29, 1.82) is 0 Å². The van der Waals surface area contributed by atoms with Crippen molar-refractivity contribution in [3.8, 4) is 79.5 Å². The van der Waals surface area contributed by atoms with Gasteiger partial charge in [0.15, 0.2) is 34.9 Å². The van der Waals surface area contributed by atoms with E-state index in [1.54, 1.807) is 0 Å². The van der Waals surface area contributed by atoms with Crippen LogP contribution in [0.5, 0.6) is 0 Å². The lowest BCUT2D eigenvalue weighted by molar-refractivity contribution is 0.670. The maximum Gasteiger partial charge on any atom is 0.167 e. The Kier molecular flexibility index (Phi) is 8.00. The third kappa shape index (κ3) is 6.09. The van der Waals surface area contributed by atoms with Gasteiger partial charge in [-0.15, -0.1) is 0 Å². The van der Waals surface area contributed by atoms with E-state index in [1.165, 1.54) is 0 Å². The third-order valence-corrected chi connectivity index (χ3v) is 9.58. The summed E-state index contributed by atoms with van der Waals surface area (Å²) in [7, 11) is 0. The minimum Gasteiger partial charge on any atom is -0.455 e. The number of fused-ring (bicyclic) bond motifs is 3. The molecule has 0 fully saturated rings. The average Bonchev–Trinajstić information content (AvgIpc) is 3.66. The molecule has 0 radical (unpaired) electrons. The molecule has 0 N–H and O–H groups in total. The van der Waals surface area contributed by atoms with Crippen molar-refractivity contribution in [2.24, 2.45) is 0 Å². The Morgan fingerprint density at radius 1 is 0.255 bits per heavy atom. The van der Waals surface area contributed by atoms with Gasteiger partial charge in [0.2, 0.25) is 0 Å². The summed E-state index contributed by atoms with van der Waals surface area (Å²) in [5, 5.41) is 1.85. The first-order valence-electron chi connectivity index (χ1n) is 18.0. The Morgan fingerprint density at radius 3 is 1.05 bits per heavy atom. The molecular weight excluding hydrogens is 677 g/mol. The number of aromatic nitrogens is 6. The summed E-state index contributed by atoms with van der Waals surface area (Å²) in [4.78, 5) is 30.4. The smallest absolute Gasteiger partial charge is 0.167 e. The summed E-state index contributed by atoms with van der Waals surface area (Å²) in [6.45, 7) is 0. The van der Waals surface area contributed by atoms with Gasteiger partial charge in [0.25, 0.3) is 0 Å². The molecule has 0 saturated heterocycles. The summed E-state index contributed by atoms with van der Waals surface area (Å²) in [5.74, 6) is 3.26. The van der Waals surface area contributed by atoms with Crippen LogP contribution in [0, 0.1) is 0 Å². The van der Waals surface area contributed by atoms with Crippen LogP contribution in [0.4, 0.5) is 0 Å². The van der Waals surface area contributed by atoms with E-state index in [-0.39, 0.29) is 0 Å². The van der Waals surface area contributed by atoms with E-state index in [4.69, 9.17) is 34.3 Å². The van der Waals surface area contributed by atoms with Crippen LogP contribution in [0.1, 0.15) is 0 Å². The van der Waals surface area contributed by atoms with Crippen LogP contribution in [0.3, 0.4) is 0 Å². The molecule has 3 heterocycles. The van der Waals surface area contributed by atoms with Gasteiger partial charge in [-0.25, -0.2) is 29.9 Å². The van der Waals surface area contributed by atoms with Crippen LogP contribution in [0.2, 0.25) is 0 Å². The predicted molar refractivity (Wildman–Crippen MR) is 219 cm³/mol. The second kappa shape index (κ2) is 13.7. The molecule has 7 nitrogen and oxygen atoms in total. The Balaban J connectivity index is 1.28. The van der Waals surface area contributed by atoms with Gasteiger partial charge in [0.1, 0.15) is 11.2 Å². The molecule has 0 spiro atoms. The number of nitrogens with zero attached hydrogens (tertiary/aromatic N) is 6. The molecule has 0 unspecified atom stereocenters. The van der Waals surface area contributed by atoms with E-state index in [1.807, 2.05) is 146 Å². The summed E-state index contributed by atoms with van der Waals surface area (Å²) >= 11 is 0. The first-order valence-corrected chi connectivity index (χ1v) is 18.0. The van der Waals surface area contributed by atoms with Gasteiger partial charge in [0.05, 0.1) is 5.56 Å². The molecule has 0 amide bonds. The number of furan rings is 1. The summed E-state index contributed by atoms with van der Waals surface area (Å²) < 4.78 is 6.94. The topological polar surface area (TPSA) is 90.5 Å². The third-order valence-electron chi connectivity index (χ3n) is 9.58. The maximum atomic E-state index is 6.94. The van der Waals surface area contributed by atoms with Gasteiger partial charge >= 0.3 is 0 Å². The highest BCUT2D eigenvalue weighted by Gasteiger charge is 2.23. The monoisotopic (exact) mass is 706 g/mol. The Hall–Kier alpha value is -7.64. The molecule has 0 aliphatic rings. The molecule has 0 aliphatic heterocycles. The largest absolute Gasteiger partial charge is 0.455 e. The molecule has 55 heavy (non-hydrogen) atoms. The van der Waals surface area contributed by atoms with E-state index in [9.17, 15) is 0 Å². The minimum absolute atomic E-state index is 0.473. The maximum absolute atomic E-state index is 6.94. The highest BCUT2D eigenvalue weighted by atomic mass is 16.3. The van der Waals surface area contributed by atoms with E-state index in [0.717, 1.165) is 55.3 Å². The van der Waals surface area contributed by atoms with Crippen molar-refractivity contribution in [3.05, 3.63) is 182 Å². The number of benzene rings is 7. The molecule has 7 aromatic carbocycles. The summed E-state index contributed by atoms with van der Waals surface area (Å²) in [6.07, 6.45) is 0. The second-order valence-electron chi connectivity index (χ2n) is 13.1. The van der Waals surface area contributed by atoms with Gasteiger partial charge in [-0.2, -0.15) is 0 Å². The van der Waals surface area contributed by atoms with Gasteiger partial charge in [0, 0.05) is 44.2 Å². The molecule has 0 bridgehead atoms. The molecule has 0 atom stereocenters. The van der Waals surface area contributed by atoms with E-state index in [0.29, 0.717) is 46.1 Å². The quantitative estimate of drug-likeness (QED) is 0.163. The van der Waals surface area contributed by atoms with E-state index in [2.05, 4.69) is 36.4 Å². The van der Waals surface area contributed by atoms with Crippen molar-refractivity contribution in [1.82, 2.24) is 29.9 Å². The fraction of sp³-hybridized carbons (Fsp3) is 0. The highest BCUT2D eigenvalue weighted by molar-refractivity contribution is 6.14. The van der Waals surface area contributed by atoms with Gasteiger partial charge < -0.3 is 4.42 Å². The lowest BCUT2D eigenvalue weighted by atomic mass is 10.00. The number of hydrogen-bond acceptors (Lipinski definition) is 7. The molecule has 0 saturated carbocycles. The van der Waals surface area contributed by atoms with Crippen molar-refractivity contribution >= 4 is 21.9 Å². The molecular formula is C48H30N6O. The zero-order chi connectivity index (χ0) is 36.6. The fourth-order valence-electron chi connectivity index (χ4n) is 6.91. The van der Waals surface area contributed by atoms with Crippen molar-refractivity contribution in [2.75, 3.05) is 0 Å². The highest BCUT2D eigenvalue weighted by Crippen LogP contribution is 2.42. The van der Waals surface area contributed by atoms with Crippen molar-refractivity contribution in [2.45, 2.75) is 0 Å². The Morgan fingerprint density at radius 2 is 0.618 bits per heavy atom. The minimum atomic E-state index is 0.473. The number of rotatable bonds is 7. The van der Waals surface area contributed by atoms with Crippen LogP contribution in [-0.2, 0) is 0 Å². The second-order valence-corrected chi connectivity index (χ2v) is 13.1. The van der Waals surface area contributed by atoms with Crippen LogP contribution >= 0.6 is 0 Å². The first-order chi connectivity index (χ1) is 27.2.